The summed E-state index contributed by atoms with van der Waals surface area (Å²) in [5.41, 5.74) is -3.42. The first kappa shape index (κ1) is 30.9. The number of aliphatic hydroxyl groups is 2. The predicted molar refractivity (Wildman–Crippen MR) is 157 cm³/mol. The van der Waals surface area contributed by atoms with E-state index in [2.05, 4.69) is 26.2 Å². The highest BCUT2D eigenvalue weighted by atomic mass is 35.5. The van der Waals surface area contributed by atoms with Crippen molar-refractivity contribution in [2.45, 2.75) is 49.0 Å². The summed E-state index contributed by atoms with van der Waals surface area (Å²) in [7, 11) is 0. The number of nitrogens with zero attached hydrogens (tertiary/aromatic N) is 4. The Hall–Kier alpha value is -4.58. The van der Waals surface area contributed by atoms with Gasteiger partial charge >= 0.3 is 11.9 Å². The summed E-state index contributed by atoms with van der Waals surface area (Å²) in [6, 6.07) is 17.4. The number of ether oxygens (including phenoxy) is 2. The van der Waals surface area contributed by atoms with Crippen molar-refractivity contribution in [2.24, 2.45) is 0 Å². The van der Waals surface area contributed by atoms with Crippen LogP contribution in [0.1, 0.15) is 30.3 Å². The van der Waals surface area contributed by atoms with Crippen molar-refractivity contribution in [1.29, 1.82) is 0 Å². The van der Waals surface area contributed by atoms with Gasteiger partial charge in [0, 0.05) is 6.42 Å². The second-order valence-electron chi connectivity index (χ2n) is 10.3. The van der Waals surface area contributed by atoms with Crippen LogP contribution < -0.4 is 5.32 Å². The van der Waals surface area contributed by atoms with Crippen LogP contribution >= 0.6 is 11.6 Å². The lowest BCUT2D eigenvalue weighted by molar-refractivity contribution is -0.191. The fraction of sp³-hybridized carbons (Fsp3) is 0.300. The highest BCUT2D eigenvalue weighted by molar-refractivity contribution is 6.28. The van der Waals surface area contributed by atoms with Gasteiger partial charge < -0.3 is 35.2 Å². The molecule has 5 rings (SSSR count). The van der Waals surface area contributed by atoms with Gasteiger partial charge in [-0.2, -0.15) is 9.97 Å². The predicted octanol–water partition coefficient (Wildman–Crippen LogP) is 2.44. The molecule has 2 aromatic carbocycles. The molecule has 2 aromatic heterocycles. The largest absolute Gasteiger partial charge is 0.479 e. The standard InChI is InChI=1S/C30H28ClN5O8/c1-3-29(42)20(15-43-30(26(38)39,27(40)41)14-18-10-6-4-7-11-18)44-25(22(29)37)36-16-32-21-23(34-28(31)35-24(21)36)33-17(2)19-12-8-5-9-13-19/h1,4-13,16-17,20,22,25,37,42H,14-15H2,2H3,(H,38,39)(H,40,41)(H,33,34,35)/t17-,20+,22-,25+,29+/m0/s1. The summed E-state index contributed by atoms with van der Waals surface area (Å²) >= 11 is 6.24. The van der Waals surface area contributed by atoms with Gasteiger partial charge in [-0.05, 0) is 29.7 Å². The number of benzene rings is 2. The number of carbonyl (C=O) groups is 2. The summed E-state index contributed by atoms with van der Waals surface area (Å²) in [6.07, 6.45) is 1.59. The summed E-state index contributed by atoms with van der Waals surface area (Å²) in [6.45, 7) is 1.12. The van der Waals surface area contributed by atoms with E-state index in [1.165, 1.54) is 10.9 Å². The van der Waals surface area contributed by atoms with Crippen molar-refractivity contribution in [3.63, 3.8) is 0 Å². The van der Waals surface area contributed by atoms with E-state index < -0.39 is 54.6 Å². The van der Waals surface area contributed by atoms with Crippen LogP contribution in [0.5, 0.6) is 0 Å². The van der Waals surface area contributed by atoms with Gasteiger partial charge in [-0.25, -0.2) is 14.6 Å². The molecule has 0 radical (unpaired) electrons. The number of carboxylic acid groups (broad SMARTS) is 2. The minimum Gasteiger partial charge on any atom is -0.479 e. The normalized spacial score (nSPS) is 22.4. The smallest absolute Gasteiger partial charge is 0.348 e. The topological polar surface area (TPSA) is 189 Å². The maximum absolute atomic E-state index is 12.3. The lowest BCUT2D eigenvalue weighted by atomic mass is 9.92. The quantitative estimate of drug-likeness (QED) is 0.0936. The maximum Gasteiger partial charge on any atom is 0.348 e. The summed E-state index contributed by atoms with van der Waals surface area (Å²) in [5, 5.41) is 45.4. The van der Waals surface area contributed by atoms with Crippen molar-refractivity contribution in [3.8, 4) is 12.3 Å². The number of aliphatic carboxylic acids is 2. The fourth-order valence-corrected chi connectivity index (χ4v) is 5.21. The van der Waals surface area contributed by atoms with E-state index in [0.29, 0.717) is 11.4 Å². The van der Waals surface area contributed by atoms with E-state index in [1.807, 2.05) is 37.3 Å². The van der Waals surface area contributed by atoms with Crippen molar-refractivity contribution < 1.29 is 39.5 Å². The zero-order chi connectivity index (χ0) is 31.6. The minimum atomic E-state index is -2.75. The Balaban J connectivity index is 1.44. The third kappa shape index (κ3) is 5.57. The van der Waals surface area contributed by atoms with Crippen LogP contribution in [0.4, 0.5) is 5.82 Å². The van der Waals surface area contributed by atoms with Gasteiger partial charge in [0.1, 0.15) is 12.2 Å². The summed E-state index contributed by atoms with van der Waals surface area (Å²) in [5.74, 6) is -1.16. The average molecular weight is 622 g/mol. The molecule has 0 unspecified atom stereocenters. The molecule has 0 aliphatic carbocycles. The molecule has 3 heterocycles. The van der Waals surface area contributed by atoms with E-state index >= 15 is 0 Å². The number of fused-ring (bicyclic) bond motifs is 1. The molecule has 14 heteroatoms. The third-order valence-electron chi connectivity index (χ3n) is 7.54. The number of halogens is 1. The molecule has 228 valence electrons. The van der Waals surface area contributed by atoms with E-state index in [9.17, 15) is 30.0 Å². The molecule has 1 saturated heterocycles. The Kier molecular flexibility index (Phi) is 8.55. The monoisotopic (exact) mass is 621 g/mol. The molecule has 13 nitrogen and oxygen atoms in total. The Bertz CT molecular complexity index is 1700. The number of aliphatic hydroxyl groups excluding tert-OH is 1. The van der Waals surface area contributed by atoms with Crippen LogP contribution in [-0.4, -0.2) is 81.9 Å². The molecule has 5 atom stereocenters. The second kappa shape index (κ2) is 12.2. The molecular formula is C30H28ClN5O8. The Morgan fingerprint density at radius 3 is 2.41 bits per heavy atom. The van der Waals surface area contributed by atoms with Crippen LogP contribution in [0.25, 0.3) is 11.2 Å². The van der Waals surface area contributed by atoms with Crippen molar-refractivity contribution in [1.82, 2.24) is 19.5 Å². The van der Waals surface area contributed by atoms with Crippen LogP contribution in [-0.2, 0) is 25.5 Å². The average Bonchev–Trinajstić information content (AvgIpc) is 3.54. The van der Waals surface area contributed by atoms with Gasteiger partial charge in [0.25, 0.3) is 5.60 Å². The summed E-state index contributed by atoms with van der Waals surface area (Å²) in [4.78, 5) is 37.4. The highest BCUT2D eigenvalue weighted by Gasteiger charge is 2.58. The molecule has 1 aliphatic heterocycles. The molecule has 0 saturated carbocycles. The van der Waals surface area contributed by atoms with E-state index in [1.54, 1.807) is 30.3 Å². The Morgan fingerprint density at radius 2 is 1.80 bits per heavy atom. The van der Waals surface area contributed by atoms with Gasteiger partial charge in [-0.1, -0.05) is 66.6 Å². The van der Waals surface area contributed by atoms with Gasteiger partial charge in [-0.15, -0.1) is 6.42 Å². The molecule has 44 heavy (non-hydrogen) atoms. The van der Waals surface area contributed by atoms with Crippen molar-refractivity contribution in [3.05, 3.63) is 83.4 Å². The molecule has 0 amide bonds. The maximum atomic E-state index is 12.3. The Labute approximate surface area is 256 Å². The fourth-order valence-electron chi connectivity index (χ4n) is 5.04. The van der Waals surface area contributed by atoms with Crippen LogP contribution in [0.15, 0.2) is 67.0 Å². The number of imidazole rings is 1. The lowest BCUT2D eigenvalue weighted by Gasteiger charge is -2.30. The van der Waals surface area contributed by atoms with E-state index in [-0.39, 0.29) is 22.5 Å². The number of anilines is 1. The molecule has 0 spiro atoms. The van der Waals surface area contributed by atoms with Gasteiger partial charge in [0.05, 0.1) is 19.0 Å². The first-order chi connectivity index (χ1) is 21.0. The second-order valence-corrected chi connectivity index (χ2v) is 10.6. The first-order valence-corrected chi connectivity index (χ1v) is 13.8. The Morgan fingerprint density at radius 1 is 1.16 bits per heavy atom. The molecule has 4 aromatic rings. The molecule has 5 N–H and O–H groups in total. The number of hydrogen-bond acceptors (Lipinski definition) is 10. The van der Waals surface area contributed by atoms with E-state index in [0.717, 1.165) is 5.56 Å². The first-order valence-electron chi connectivity index (χ1n) is 13.4. The zero-order valence-corrected chi connectivity index (χ0v) is 24.0. The number of carboxylic acids is 2. The van der Waals surface area contributed by atoms with Crippen LogP contribution in [0.2, 0.25) is 5.28 Å². The van der Waals surface area contributed by atoms with Crippen molar-refractivity contribution in [2.75, 3.05) is 11.9 Å². The van der Waals surface area contributed by atoms with Crippen molar-refractivity contribution >= 4 is 40.5 Å². The SMILES string of the molecule is C#C[C@@]1(O)[C@@H](COC(Cc2ccccc2)(C(=O)O)C(=O)O)O[C@@H](n2cnc3c(N[C@@H](C)c4ccccc4)nc(Cl)nc32)[C@@H]1O. The molecule has 1 fully saturated rings. The lowest BCUT2D eigenvalue weighted by Crippen LogP contribution is -2.55. The highest BCUT2D eigenvalue weighted by Crippen LogP contribution is 2.40. The number of rotatable bonds is 11. The molecular weight excluding hydrogens is 594 g/mol. The van der Waals surface area contributed by atoms with Crippen LogP contribution in [0.3, 0.4) is 0 Å². The number of nitrogens with one attached hydrogen (secondary N) is 1. The van der Waals surface area contributed by atoms with Crippen LogP contribution in [0, 0.1) is 12.3 Å². The number of terminal acetylenes is 1. The van der Waals surface area contributed by atoms with Gasteiger partial charge in [0.2, 0.25) is 5.28 Å². The summed E-state index contributed by atoms with van der Waals surface area (Å²) < 4.78 is 12.7. The zero-order valence-electron chi connectivity index (χ0n) is 23.2. The van der Waals surface area contributed by atoms with E-state index in [4.69, 9.17) is 27.5 Å². The molecule has 1 aliphatic rings. The number of hydrogen-bond donors (Lipinski definition) is 5. The van der Waals surface area contributed by atoms with Gasteiger partial charge in [0.15, 0.2) is 28.8 Å². The minimum absolute atomic E-state index is 0.132. The third-order valence-corrected chi connectivity index (χ3v) is 7.70. The molecule has 0 bridgehead atoms. The van der Waals surface area contributed by atoms with Gasteiger partial charge in [-0.3, -0.25) is 4.57 Å². The number of aromatic nitrogens is 4.